The van der Waals surface area contributed by atoms with Crippen LogP contribution in [0.15, 0.2) is 33.2 Å². The average molecular weight is 279 g/mol. The number of ether oxygens (including phenoxy) is 1. The molecule has 5 nitrogen and oxygen atoms in total. The first-order valence-electron chi connectivity index (χ1n) is 5.86. The Morgan fingerprint density at radius 1 is 1.32 bits per heavy atom. The van der Waals surface area contributed by atoms with Crippen molar-refractivity contribution in [3.8, 4) is 11.6 Å². The van der Waals surface area contributed by atoms with Gasteiger partial charge in [0.1, 0.15) is 12.1 Å². The molecule has 0 fully saturated rings. The molecule has 2 heterocycles. The Morgan fingerprint density at radius 2 is 2.21 bits per heavy atom. The number of aromatic nitrogens is 2. The summed E-state index contributed by atoms with van der Waals surface area (Å²) in [6, 6.07) is 7.02. The van der Waals surface area contributed by atoms with Gasteiger partial charge >= 0.3 is 0 Å². The van der Waals surface area contributed by atoms with E-state index in [2.05, 4.69) is 10.1 Å². The monoisotopic (exact) mass is 278 g/mol. The van der Waals surface area contributed by atoms with Crippen LogP contribution < -0.4 is 0 Å². The van der Waals surface area contributed by atoms with Crippen molar-refractivity contribution < 1.29 is 13.7 Å². The molecule has 19 heavy (non-hydrogen) atoms. The minimum absolute atomic E-state index is 0.384. The summed E-state index contributed by atoms with van der Waals surface area (Å²) < 4.78 is 16.0. The number of fused-ring (bicyclic) bond motifs is 1. The molecule has 0 N–H and O–H groups in total. The van der Waals surface area contributed by atoms with Crippen LogP contribution >= 0.6 is 11.6 Å². The Bertz CT molecular complexity index is 705. The quantitative estimate of drug-likeness (QED) is 0.728. The fraction of sp³-hybridized carbons (Fsp3) is 0.231. The van der Waals surface area contributed by atoms with Crippen LogP contribution in [0.3, 0.4) is 0 Å². The molecule has 0 aliphatic carbocycles. The summed E-state index contributed by atoms with van der Waals surface area (Å²) >= 11 is 5.90. The van der Waals surface area contributed by atoms with Crippen molar-refractivity contribution in [1.82, 2.24) is 10.1 Å². The predicted octanol–water partition coefficient (Wildman–Crippen LogP) is 3.67. The highest BCUT2D eigenvalue weighted by Crippen LogP contribution is 2.26. The van der Waals surface area contributed by atoms with Gasteiger partial charge in [0, 0.05) is 17.7 Å². The molecular formula is C13H11ClN2O3. The van der Waals surface area contributed by atoms with E-state index in [1.165, 1.54) is 0 Å². The molecule has 0 bridgehead atoms. The van der Waals surface area contributed by atoms with Gasteiger partial charge in [-0.3, -0.25) is 0 Å². The zero-order valence-corrected chi connectivity index (χ0v) is 11.0. The summed E-state index contributed by atoms with van der Waals surface area (Å²) in [6.45, 7) is 2.93. The van der Waals surface area contributed by atoms with Crippen molar-refractivity contribution in [3.63, 3.8) is 0 Å². The molecule has 0 aliphatic heterocycles. The van der Waals surface area contributed by atoms with Crippen LogP contribution in [0.25, 0.3) is 22.7 Å². The molecule has 1 aromatic carbocycles. The largest absolute Gasteiger partial charge is 0.435 e. The molecule has 3 aromatic rings. The molecule has 0 aliphatic rings. The van der Waals surface area contributed by atoms with Crippen LogP contribution in [0.5, 0.6) is 0 Å². The average Bonchev–Trinajstić information content (AvgIpc) is 3.01. The third-order valence-electron chi connectivity index (χ3n) is 2.58. The second-order valence-electron chi connectivity index (χ2n) is 3.95. The van der Waals surface area contributed by atoms with Crippen molar-refractivity contribution in [2.24, 2.45) is 0 Å². The molecule has 98 valence electrons. The third-order valence-corrected chi connectivity index (χ3v) is 2.81. The van der Waals surface area contributed by atoms with Crippen molar-refractivity contribution in [2.45, 2.75) is 13.5 Å². The van der Waals surface area contributed by atoms with Gasteiger partial charge in [0.25, 0.3) is 0 Å². The van der Waals surface area contributed by atoms with E-state index < -0.39 is 0 Å². The van der Waals surface area contributed by atoms with Crippen LogP contribution in [-0.4, -0.2) is 16.7 Å². The zero-order valence-electron chi connectivity index (χ0n) is 10.2. The second-order valence-corrected chi connectivity index (χ2v) is 4.38. The highest BCUT2D eigenvalue weighted by Gasteiger charge is 2.13. The lowest BCUT2D eigenvalue weighted by molar-refractivity contribution is 0.112. The van der Waals surface area contributed by atoms with E-state index in [9.17, 15) is 0 Å². The summed E-state index contributed by atoms with van der Waals surface area (Å²) in [5.74, 6) is 1.04. The zero-order chi connectivity index (χ0) is 13.2. The maximum Gasteiger partial charge on any atom is 0.249 e. The molecular weight excluding hydrogens is 268 g/mol. The van der Waals surface area contributed by atoms with E-state index in [-0.39, 0.29) is 0 Å². The Kier molecular flexibility index (Phi) is 3.23. The van der Waals surface area contributed by atoms with E-state index in [1.54, 1.807) is 24.3 Å². The Hall–Kier alpha value is -1.85. The first kappa shape index (κ1) is 12.2. The standard InChI is InChI=1S/C13H11ClN2O3/c1-2-17-7-9-6-11(16-19-9)13-15-10-5-8(14)3-4-12(10)18-13/h3-6H,2,7H2,1H3. The van der Waals surface area contributed by atoms with Gasteiger partial charge in [0.2, 0.25) is 5.89 Å². The maximum atomic E-state index is 5.90. The van der Waals surface area contributed by atoms with Gasteiger partial charge < -0.3 is 13.7 Å². The number of oxazole rings is 1. The molecule has 3 rings (SSSR count). The number of hydrogen-bond acceptors (Lipinski definition) is 5. The van der Waals surface area contributed by atoms with E-state index in [0.29, 0.717) is 46.7 Å². The van der Waals surface area contributed by atoms with Gasteiger partial charge in [-0.05, 0) is 25.1 Å². The molecule has 6 heteroatoms. The lowest BCUT2D eigenvalue weighted by Crippen LogP contribution is -1.88. The predicted molar refractivity (Wildman–Crippen MR) is 69.8 cm³/mol. The summed E-state index contributed by atoms with van der Waals surface area (Å²) in [6.07, 6.45) is 0. The fourth-order valence-corrected chi connectivity index (χ4v) is 1.86. The van der Waals surface area contributed by atoms with Gasteiger partial charge in [-0.25, -0.2) is 4.98 Å². The van der Waals surface area contributed by atoms with Crippen molar-refractivity contribution in [3.05, 3.63) is 35.0 Å². The smallest absolute Gasteiger partial charge is 0.249 e. The lowest BCUT2D eigenvalue weighted by atomic mass is 10.3. The summed E-state index contributed by atoms with van der Waals surface area (Å²) in [4.78, 5) is 4.32. The van der Waals surface area contributed by atoms with Crippen LogP contribution in [0.2, 0.25) is 5.02 Å². The van der Waals surface area contributed by atoms with Gasteiger partial charge in [-0.15, -0.1) is 0 Å². The minimum atomic E-state index is 0.384. The lowest BCUT2D eigenvalue weighted by Gasteiger charge is -1.92. The molecule has 0 radical (unpaired) electrons. The molecule has 0 spiro atoms. The first-order valence-corrected chi connectivity index (χ1v) is 6.24. The van der Waals surface area contributed by atoms with Crippen LogP contribution in [0.1, 0.15) is 12.7 Å². The maximum absolute atomic E-state index is 5.90. The molecule has 0 saturated carbocycles. The Labute approximate surface area is 114 Å². The molecule has 0 unspecified atom stereocenters. The van der Waals surface area contributed by atoms with E-state index in [4.69, 9.17) is 25.3 Å². The summed E-state index contributed by atoms with van der Waals surface area (Å²) in [5.41, 5.74) is 1.90. The third kappa shape index (κ3) is 2.47. The number of halogens is 1. The minimum Gasteiger partial charge on any atom is -0.435 e. The first-order chi connectivity index (χ1) is 9.26. The fourth-order valence-electron chi connectivity index (χ4n) is 1.69. The van der Waals surface area contributed by atoms with Crippen molar-refractivity contribution in [1.29, 1.82) is 0 Å². The van der Waals surface area contributed by atoms with Crippen molar-refractivity contribution in [2.75, 3.05) is 6.61 Å². The number of nitrogens with zero attached hydrogens (tertiary/aromatic N) is 2. The Balaban J connectivity index is 1.92. The SMILES string of the molecule is CCOCc1cc(-c2nc3cc(Cl)ccc3o2)no1. The van der Waals surface area contributed by atoms with E-state index >= 15 is 0 Å². The van der Waals surface area contributed by atoms with Crippen LogP contribution in [0, 0.1) is 0 Å². The topological polar surface area (TPSA) is 61.3 Å². The van der Waals surface area contributed by atoms with Gasteiger partial charge in [-0.1, -0.05) is 16.8 Å². The highest BCUT2D eigenvalue weighted by molar-refractivity contribution is 6.31. The summed E-state index contributed by atoms with van der Waals surface area (Å²) in [7, 11) is 0. The Morgan fingerprint density at radius 3 is 3.05 bits per heavy atom. The van der Waals surface area contributed by atoms with E-state index in [1.807, 2.05) is 6.92 Å². The van der Waals surface area contributed by atoms with Gasteiger partial charge in [0.15, 0.2) is 17.0 Å². The van der Waals surface area contributed by atoms with Crippen LogP contribution in [-0.2, 0) is 11.3 Å². The normalized spacial score (nSPS) is 11.3. The van der Waals surface area contributed by atoms with Gasteiger partial charge in [-0.2, -0.15) is 0 Å². The molecule has 0 amide bonds. The number of benzene rings is 1. The second kappa shape index (κ2) is 5.03. The van der Waals surface area contributed by atoms with Crippen molar-refractivity contribution >= 4 is 22.7 Å². The highest BCUT2D eigenvalue weighted by atomic mass is 35.5. The number of hydrogen-bond donors (Lipinski definition) is 0. The molecule has 0 atom stereocenters. The molecule has 2 aromatic heterocycles. The van der Waals surface area contributed by atoms with Crippen LogP contribution in [0.4, 0.5) is 0 Å². The van der Waals surface area contributed by atoms with Gasteiger partial charge in [0.05, 0.1) is 0 Å². The number of rotatable bonds is 4. The summed E-state index contributed by atoms with van der Waals surface area (Å²) in [5, 5.41) is 4.53. The molecule has 0 saturated heterocycles. The van der Waals surface area contributed by atoms with E-state index in [0.717, 1.165) is 0 Å².